The predicted molar refractivity (Wildman–Crippen MR) is 57.2 cm³/mol. The van der Waals surface area contributed by atoms with Crippen LogP contribution in [0, 0.1) is 0 Å². The van der Waals surface area contributed by atoms with E-state index in [4.69, 9.17) is 16.3 Å². The number of methoxy groups -OCH3 is 1. The van der Waals surface area contributed by atoms with Gasteiger partial charge in [-0.05, 0) is 12.5 Å². The van der Waals surface area contributed by atoms with E-state index < -0.39 is 0 Å². The highest BCUT2D eigenvalue weighted by atomic mass is 79.9. The van der Waals surface area contributed by atoms with E-state index in [9.17, 15) is 5.11 Å². The van der Waals surface area contributed by atoms with Crippen LogP contribution >= 0.6 is 27.5 Å². The number of aryl methyl sites for hydroxylation is 1. The van der Waals surface area contributed by atoms with Crippen molar-refractivity contribution in [3.63, 3.8) is 0 Å². The smallest absolute Gasteiger partial charge is 0.162 e. The number of halogens is 2. The van der Waals surface area contributed by atoms with E-state index in [1.165, 1.54) is 7.11 Å². The van der Waals surface area contributed by atoms with Gasteiger partial charge >= 0.3 is 0 Å². The second-order valence-corrected chi connectivity index (χ2v) is 3.78. The molecule has 0 saturated heterocycles. The largest absolute Gasteiger partial charge is 0.504 e. The van der Waals surface area contributed by atoms with Crippen molar-refractivity contribution in [2.45, 2.75) is 6.42 Å². The summed E-state index contributed by atoms with van der Waals surface area (Å²) >= 11 is 9.13. The van der Waals surface area contributed by atoms with Crippen LogP contribution in [0.3, 0.4) is 0 Å². The summed E-state index contributed by atoms with van der Waals surface area (Å²) < 4.78 is 4.96. The molecule has 72 valence electrons. The molecule has 0 radical (unpaired) electrons. The van der Waals surface area contributed by atoms with Gasteiger partial charge in [0.25, 0.3) is 0 Å². The standard InChI is InChI=1S/C9H10BrClO2/c1-13-8-5-7(11)4-6(2-3-10)9(8)12/h4-5,12H,2-3H2,1H3. The van der Waals surface area contributed by atoms with E-state index in [1.807, 2.05) is 0 Å². The quantitative estimate of drug-likeness (QED) is 0.852. The van der Waals surface area contributed by atoms with Crippen molar-refractivity contribution in [3.8, 4) is 11.5 Å². The lowest BCUT2D eigenvalue weighted by atomic mass is 10.1. The molecule has 2 nitrogen and oxygen atoms in total. The van der Waals surface area contributed by atoms with Crippen LogP contribution in [0.1, 0.15) is 5.56 Å². The molecule has 1 aromatic rings. The van der Waals surface area contributed by atoms with Crippen molar-refractivity contribution < 1.29 is 9.84 Å². The molecule has 0 aliphatic rings. The number of phenolic OH excluding ortho intramolecular Hbond substituents is 1. The molecule has 0 aromatic heterocycles. The van der Waals surface area contributed by atoms with Crippen LogP contribution in [0.2, 0.25) is 5.02 Å². The molecule has 0 aliphatic heterocycles. The zero-order valence-electron chi connectivity index (χ0n) is 7.18. The topological polar surface area (TPSA) is 29.5 Å². The Bertz CT molecular complexity index is 302. The average Bonchev–Trinajstić information content (AvgIpc) is 2.11. The lowest BCUT2D eigenvalue weighted by Gasteiger charge is -2.08. The Balaban J connectivity index is 3.11. The maximum absolute atomic E-state index is 9.64. The number of phenols is 1. The third kappa shape index (κ3) is 2.51. The molecule has 13 heavy (non-hydrogen) atoms. The summed E-state index contributed by atoms with van der Waals surface area (Å²) in [5, 5.41) is 11.0. The molecular weight excluding hydrogens is 255 g/mol. The summed E-state index contributed by atoms with van der Waals surface area (Å²) in [7, 11) is 1.50. The highest BCUT2D eigenvalue weighted by molar-refractivity contribution is 9.09. The Labute approximate surface area is 90.6 Å². The minimum Gasteiger partial charge on any atom is -0.504 e. The summed E-state index contributed by atoms with van der Waals surface area (Å²) in [6.07, 6.45) is 0.725. The fourth-order valence-electron chi connectivity index (χ4n) is 1.08. The van der Waals surface area contributed by atoms with Gasteiger partial charge in [0.2, 0.25) is 0 Å². The van der Waals surface area contributed by atoms with E-state index in [0.717, 1.165) is 17.3 Å². The lowest BCUT2D eigenvalue weighted by Crippen LogP contribution is -1.91. The molecular formula is C9H10BrClO2. The fourth-order valence-corrected chi connectivity index (χ4v) is 1.73. The van der Waals surface area contributed by atoms with Gasteiger partial charge in [-0.15, -0.1) is 0 Å². The van der Waals surface area contributed by atoms with Gasteiger partial charge in [-0.2, -0.15) is 0 Å². The van der Waals surface area contributed by atoms with E-state index in [-0.39, 0.29) is 5.75 Å². The van der Waals surface area contributed by atoms with E-state index in [0.29, 0.717) is 10.8 Å². The summed E-state index contributed by atoms with van der Waals surface area (Å²) in [4.78, 5) is 0. The second kappa shape index (κ2) is 4.72. The first-order valence-electron chi connectivity index (χ1n) is 3.80. The zero-order valence-corrected chi connectivity index (χ0v) is 9.52. The van der Waals surface area contributed by atoms with Crippen molar-refractivity contribution in [2.24, 2.45) is 0 Å². The van der Waals surface area contributed by atoms with Gasteiger partial charge in [0.15, 0.2) is 11.5 Å². The molecule has 0 spiro atoms. The number of alkyl halides is 1. The van der Waals surface area contributed by atoms with E-state index in [1.54, 1.807) is 12.1 Å². The van der Waals surface area contributed by atoms with Crippen molar-refractivity contribution in [1.82, 2.24) is 0 Å². The number of aromatic hydroxyl groups is 1. The summed E-state index contributed by atoms with van der Waals surface area (Å²) in [6.45, 7) is 0. The first kappa shape index (κ1) is 10.7. The van der Waals surface area contributed by atoms with Crippen molar-refractivity contribution >= 4 is 27.5 Å². The molecule has 1 N–H and O–H groups in total. The Morgan fingerprint density at radius 2 is 2.23 bits per heavy atom. The summed E-state index contributed by atoms with van der Waals surface area (Å²) in [5.74, 6) is 0.592. The molecule has 0 amide bonds. The van der Waals surface area contributed by atoms with Crippen LogP contribution in [-0.4, -0.2) is 17.5 Å². The zero-order chi connectivity index (χ0) is 9.84. The van der Waals surface area contributed by atoms with Gasteiger partial charge in [-0.3, -0.25) is 0 Å². The van der Waals surface area contributed by atoms with Gasteiger partial charge in [0.1, 0.15) is 0 Å². The molecule has 0 atom stereocenters. The summed E-state index contributed by atoms with van der Waals surface area (Å²) in [6, 6.07) is 3.33. The third-order valence-electron chi connectivity index (χ3n) is 1.70. The van der Waals surface area contributed by atoms with Gasteiger partial charge < -0.3 is 9.84 Å². The predicted octanol–water partition coefficient (Wildman–Crippen LogP) is 2.99. The van der Waals surface area contributed by atoms with E-state index >= 15 is 0 Å². The maximum Gasteiger partial charge on any atom is 0.162 e. The number of benzene rings is 1. The average molecular weight is 266 g/mol. The second-order valence-electron chi connectivity index (χ2n) is 2.55. The van der Waals surface area contributed by atoms with Crippen LogP contribution in [0.4, 0.5) is 0 Å². The minimum atomic E-state index is 0.173. The minimum absolute atomic E-state index is 0.173. The van der Waals surface area contributed by atoms with Gasteiger partial charge in [0, 0.05) is 22.0 Å². The molecule has 0 saturated carbocycles. The highest BCUT2D eigenvalue weighted by Gasteiger charge is 2.08. The van der Waals surface area contributed by atoms with Gasteiger partial charge in [-0.25, -0.2) is 0 Å². The summed E-state index contributed by atoms with van der Waals surface area (Å²) in [5.41, 5.74) is 0.793. The first-order chi connectivity index (χ1) is 6.19. The van der Waals surface area contributed by atoms with Gasteiger partial charge in [0.05, 0.1) is 7.11 Å². The van der Waals surface area contributed by atoms with Crippen LogP contribution in [0.5, 0.6) is 11.5 Å². The Morgan fingerprint density at radius 3 is 2.77 bits per heavy atom. The molecule has 1 aromatic carbocycles. The van der Waals surface area contributed by atoms with Crippen LogP contribution < -0.4 is 4.74 Å². The molecule has 0 unspecified atom stereocenters. The van der Waals surface area contributed by atoms with Crippen molar-refractivity contribution in [2.75, 3.05) is 12.4 Å². The normalized spacial score (nSPS) is 10.1. The molecule has 0 heterocycles. The first-order valence-corrected chi connectivity index (χ1v) is 5.30. The van der Waals surface area contributed by atoms with Crippen LogP contribution in [0.15, 0.2) is 12.1 Å². The Morgan fingerprint density at radius 1 is 1.54 bits per heavy atom. The lowest BCUT2D eigenvalue weighted by molar-refractivity contribution is 0.371. The molecule has 1 rings (SSSR count). The molecule has 4 heteroatoms. The highest BCUT2D eigenvalue weighted by Crippen LogP contribution is 2.33. The van der Waals surface area contributed by atoms with Crippen LogP contribution in [-0.2, 0) is 6.42 Å². The number of ether oxygens (including phenoxy) is 1. The third-order valence-corrected chi connectivity index (χ3v) is 2.32. The van der Waals surface area contributed by atoms with Gasteiger partial charge in [-0.1, -0.05) is 27.5 Å². The molecule has 0 bridgehead atoms. The van der Waals surface area contributed by atoms with Crippen molar-refractivity contribution in [1.29, 1.82) is 0 Å². The SMILES string of the molecule is COc1cc(Cl)cc(CCBr)c1O. The number of rotatable bonds is 3. The number of hydrogen-bond acceptors (Lipinski definition) is 2. The molecule has 0 aliphatic carbocycles. The van der Waals surface area contributed by atoms with Crippen molar-refractivity contribution in [3.05, 3.63) is 22.7 Å². The van der Waals surface area contributed by atoms with Crippen LogP contribution in [0.25, 0.3) is 0 Å². The molecule has 0 fully saturated rings. The Kier molecular flexibility index (Phi) is 3.88. The maximum atomic E-state index is 9.64. The number of hydrogen-bond donors (Lipinski definition) is 1. The Hall–Kier alpha value is -0.410. The fraction of sp³-hybridized carbons (Fsp3) is 0.333. The monoisotopic (exact) mass is 264 g/mol. The van der Waals surface area contributed by atoms with E-state index in [2.05, 4.69) is 15.9 Å².